The van der Waals surface area contributed by atoms with Crippen LogP contribution in [0.3, 0.4) is 0 Å². The molecule has 0 spiro atoms. The number of benzene rings is 1. The molecule has 2 heterocycles. The largest absolute Gasteiger partial charge is 0.493 e. The highest BCUT2D eigenvalue weighted by atomic mass is 35.5. The van der Waals surface area contributed by atoms with Crippen LogP contribution < -0.4 is 10.5 Å². The molecule has 0 fully saturated rings. The van der Waals surface area contributed by atoms with Gasteiger partial charge in [-0.3, -0.25) is 4.98 Å². The second kappa shape index (κ2) is 6.22. The summed E-state index contributed by atoms with van der Waals surface area (Å²) in [4.78, 5) is 4.24. The Kier molecular flexibility index (Phi) is 4.34. The summed E-state index contributed by atoms with van der Waals surface area (Å²) in [6, 6.07) is 7.81. The first kappa shape index (κ1) is 14.6. The fourth-order valence-electron chi connectivity index (χ4n) is 2.55. The molecule has 1 aromatic heterocycles. The maximum Gasteiger partial charge on any atom is 0.122 e. The Morgan fingerprint density at radius 3 is 2.95 bits per heavy atom. The Bertz CT molecular complexity index is 661. The zero-order valence-electron chi connectivity index (χ0n) is 11.5. The van der Waals surface area contributed by atoms with E-state index >= 15 is 0 Å². The molecule has 0 bridgehead atoms. The highest BCUT2D eigenvalue weighted by molar-refractivity contribution is 6.34. The number of aryl methyl sites for hydroxylation is 1. The van der Waals surface area contributed by atoms with Crippen molar-refractivity contribution in [3.8, 4) is 5.75 Å². The van der Waals surface area contributed by atoms with Crippen LogP contribution in [-0.4, -0.2) is 11.6 Å². The van der Waals surface area contributed by atoms with Crippen LogP contribution in [0.5, 0.6) is 5.75 Å². The molecule has 5 heteroatoms. The minimum atomic E-state index is -0.195. The summed E-state index contributed by atoms with van der Waals surface area (Å²) in [5.41, 5.74) is 9.44. The van der Waals surface area contributed by atoms with Crippen LogP contribution in [0.2, 0.25) is 10.0 Å². The van der Waals surface area contributed by atoms with Crippen molar-refractivity contribution in [3.05, 3.63) is 57.3 Å². The van der Waals surface area contributed by atoms with Gasteiger partial charge in [-0.05, 0) is 36.1 Å². The number of pyridine rings is 1. The topological polar surface area (TPSA) is 48.1 Å². The molecule has 3 nitrogen and oxygen atoms in total. The first-order valence-electron chi connectivity index (χ1n) is 6.94. The second-order valence-corrected chi connectivity index (χ2v) is 6.05. The lowest BCUT2D eigenvalue weighted by Crippen LogP contribution is -2.13. The minimum absolute atomic E-state index is 0.195. The first-order chi connectivity index (χ1) is 10.1. The average Bonchev–Trinajstić information content (AvgIpc) is 2.92. The summed E-state index contributed by atoms with van der Waals surface area (Å²) in [5, 5.41) is 1.05. The molecule has 1 unspecified atom stereocenters. The molecule has 1 aromatic carbocycles. The van der Waals surface area contributed by atoms with Gasteiger partial charge in [-0.15, -0.1) is 0 Å². The minimum Gasteiger partial charge on any atom is -0.493 e. The average molecular weight is 323 g/mol. The molecular formula is C16H16Cl2N2O. The SMILES string of the molecule is NC(CCc1ccc2c(c1)CCO2)c1ncc(Cl)cc1Cl. The molecule has 1 atom stereocenters. The molecule has 21 heavy (non-hydrogen) atoms. The van der Waals surface area contributed by atoms with Gasteiger partial charge in [-0.1, -0.05) is 35.3 Å². The fraction of sp³-hybridized carbons (Fsp3) is 0.312. The molecule has 1 aliphatic heterocycles. The number of rotatable bonds is 4. The van der Waals surface area contributed by atoms with E-state index in [9.17, 15) is 0 Å². The van der Waals surface area contributed by atoms with Crippen LogP contribution in [-0.2, 0) is 12.8 Å². The standard InChI is InChI=1S/C16H16Cl2N2O/c17-12-8-13(18)16(20-9-12)14(19)3-1-10-2-4-15-11(7-10)5-6-21-15/h2,4,7-9,14H,1,3,5-6,19H2. The summed E-state index contributed by atoms with van der Waals surface area (Å²) in [5.74, 6) is 1.01. The number of nitrogens with two attached hydrogens (primary N) is 1. The summed E-state index contributed by atoms with van der Waals surface area (Å²) >= 11 is 12.0. The van der Waals surface area contributed by atoms with E-state index in [4.69, 9.17) is 33.7 Å². The van der Waals surface area contributed by atoms with Crippen LogP contribution >= 0.6 is 23.2 Å². The highest BCUT2D eigenvalue weighted by Gasteiger charge is 2.15. The van der Waals surface area contributed by atoms with Gasteiger partial charge in [-0.2, -0.15) is 0 Å². The summed E-state index contributed by atoms with van der Waals surface area (Å²) in [7, 11) is 0. The van der Waals surface area contributed by atoms with Crippen molar-refractivity contribution in [2.45, 2.75) is 25.3 Å². The second-order valence-electron chi connectivity index (χ2n) is 5.21. The third-order valence-corrected chi connectivity index (χ3v) is 4.19. The van der Waals surface area contributed by atoms with E-state index < -0.39 is 0 Å². The molecule has 3 rings (SSSR count). The number of hydrogen-bond acceptors (Lipinski definition) is 3. The molecule has 110 valence electrons. The Labute approximate surface area is 134 Å². The predicted octanol–water partition coefficient (Wildman–Crippen LogP) is 3.96. The number of halogens is 2. The summed E-state index contributed by atoms with van der Waals surface area (Å²) in [6.45, 7) is 0.780. The lowest BCUT2D eigenvalue weighted by atomic mass is 10.0. The molecular weight excluding hydrogens is 307 g/mol. The van der Waals surface area contributed by atoms with Crippen molar-refractivity contribution in [2.75, 3.05) is 6.61 Å². The smallest absolute Gasteiger partial charge is 0.122 e. The molecule has 0 radical (unpaired) electrons. The van der Waals surface area contributed by atoms with E-state index in [1.807, 2.05) is 6.07 Å². The van der Waals surface area contributed by atoms with E-state index in [1.54, 1.807) is 12.3 Å². The van der Waals surface area contributed by atoms with Gasteiger partial charge in [0, 0.05) is 18.7 Å². The van der Waals surface area contributed by atoms with E-state index in [1.165, 1.54) is 11.1 Å². The first-order valence-corrected chi connectivity index (χ1v) is 7.70. The van der Waals surface area contributed by atoms with Gasteiger partial charge in [0.25, 0.3) is 0 Å². The van der Waals surface area contributed by atoms with Crippen molar-refractivity contribution in [1.82, 2.24) is 4.98 Å². The van der Waals surface area contributed by atoms with Crippen LogP contribution in [0.25, 0.3) is 0 Å². The van der Waals surface area contributed by atoms with E-state index in [2.05, 4.69) is 17.1 Å². The number of aromatic nitrogens is 1. The molecule has 2 aromatic rings. The monoisotopic (exact) mass is 322 g/mol. The molecule has 0 amide bonds. The molecule has 0 saturated carbocycles. The molecule has 1 aliphatic rings. The Morgan fingerprint density at radius 1 is 1.29 bits per heavy atom. The Morgan fingerprint density at radius 2 is 2.14 bits per heavy atom. The summed E-state index contributed by atoms with van der Waals surface area (Å²) < 4.78 is 5.51. The van der Waals surface area contributed by atoms with Crippen LogP contribution in [0, 0.1) is 0 Å². The van der Waals surface area contributed by atoms with Gasteiger partial charge < -0.3 is 10.5 Å². The van der Waals surface area contributed by atoms with Gasteiger partial charge >= 0.3 is 0 Å². The van der Waals surface area contributed by atoms with Crippen LogP contribution in [0.15, 0.2) is 30.5 Å². The maximum atomic E-state index is 6.19. The molecule has 0 aliphatic carbocycles. The zero-order valence-corrected chi connectivity index (χ0v) is 13.0. The van der Waals surface area contributed by atoms with Crippen LogP contribution in [0.4, 0.5) is 0 Å². The fourth-order valence-corrected chi connectivity index (χ4v) is 3.07. The zero-order chi connectivity index (χ0) is 14.8. The maximum absolute atomic E-state index is 6.19. The van der Waals surface area contributed by atoms with Crippen molar-refractivity contribution in [3.63, 3.8) is 0 Å². The lowest BCUT2D eigenvalue weighted by Gasteiger charge is -2.13. The van der Waals surface area contributed by atoms with E-state index in [0.717, 1.165) is 31.6 Å². The van der Waals surface area contributed by atoms with Gasteiger partial charge in [0.1, 0.15) is 5.75 Å². The van der Waals surface area contributed by atoms with E-state index in [-0.39, 0.29) is 6.04 Å². The van der Waals surface area contributed by atoms with Crippen molar-refractivity contribution < 1.29 is 4.74 Å². The van der Waals surface area contributed by atoms with Crippen molar-refractivity contribution >= 4 is 23.2 Å². The molecule has 2 N–H and O–H groups in total. The van der Waals surface area contributed by atoms with Gasteiger partial charge in [0.2, 0.25) is 0 Å². The Hall–Kier alpha value is -1.29. The normalized spacial score (nSPS) is 14.6. The van der Waals surface area contributed by atoms with Gasteiger partial charge in [0.05, 0.1) is 22.3 Å². The number of ether oxygens (including phenoxy) is 1. The predicted molar refractivity (Wildman–Crippen MR) is 85.1 cm³/mol. The summed E-state index contributed by atoms with van der Waals surface area (Å²) in [6.07, 6.45) is 4.23. The van der Waals surface area contributed by atoms with Crippen LogP contribution in [0.1, 0.15) is 29.3 Å². The van der Waals surface area contributed by atoms with E-state index in [0.29, 0.717) is 15.7 Å². The third-order valence-electron chi connectivity index (χ3n) is 3.69. The molecule has 0 saturated heterocycles. The van der Waals surface area contributed by atoms with Crippen molar-refractivity contribution in [2.24, 2.45) is 5.73 Å². The van der Waals surface area contributed by atoms with Gasteiger partial charge in [0.15, 0.2) is 0 Å². The number of hydrogen-bond donors (Lipinski definition) is 1. The number of nitrogens with zero attached hydrogens (tertiary/aromatic N) is 1. The quantitative estimate of drug-likeness (QED) is 0.926. The number of fused-ring (bicyclic) bond motifs is 1. The Balaban J connectivity index is 1.67. The van der Waals surface area contributed by atoms with Gasteiger partial charge in [-0.25, -0.2) is 0 Å². The third kappa shape index (κ3) is 3.31. The lowest BCUT2D eigenvalue weighted by molar-refractivity contribution is 0.357. The van der Waals surface area contributed by atoms with Crippen molar-refractivity contribution in [1.29, 1.82) is 0 Å². The highest BCUT2D eigenvalue weighted by Crippen LogP contribution is 2.28.